The lowest BCUT2D eigenvalue weighted by atomic mass is 10.1. The van der Waals surface area contributed by atoms with Crippen LogP contribution >= 0.6 is 0 Å². The number of hydrogen-bond acceptors (Lipinski definition) is 3. The van der Waals surface area contributed by atoms with E-state index in [4.69, 9.17) is 9.15 Å². The molecular weight excluding hydrogens is 266 g/mol. The van der Waals surface area contributed by atoms with Gasteiger partial charge in [-0.05, 0) is 37.3 Å². The van der Waals surface area contributed by atoms with Gasteiger partial charge in [0.15, 0.2) is 0 Å². The number of carbonyl (C=O) groups excluding carboxylic acids is 1. The summed E-state index contributed by atoms with van der Waals surface area (Å²) >= 11 is 0. The van der Waals surface area contributed by atoms with E-state index in [1.54, 1.807) is 6.26 Å². The van der Waals surface area contributed by atoms with E-state index in [1.165, 1.54) is 0 Å². The lowest BCUT2D eigenvalue weighted by Gasteiger charge is -2.17. The van der Waals surface area contributed by atoms with Gasteiger partial charge in [-0.15, -0.1) is 0 Å². The Balaban J connectivity index is 1.43. The van der Waals surface area contributed by atoms with E-state index in [1.807, 2.05) is 17.0 Å². The number of amides is 1. The Bertz CT molecular complexity index is 468. The van der Waals surface area contributed by atoms with Crippen LogP contribution in [0.2, 0.25) is 0 Å². The maximum Gasteiger partial charge on any atom is 0.226 e. The highest BCUT2D eigenvalue weighted by Crippen LogP contribution is 2.48. The van der Waals surface area contributed by atoms with Crippen LogP contribution in [0.1, 0.15) is 44.8 Å². The van der Waals surface area contributed by atoms with Crippen molar-refractivity contribution in [2.45, 2.75) is 45.1 Å². The molecule has 1 saturated carbocycles. The van der Waals surface area contributed by atoms with Crippen molar-refractivity contribution in [3.05, 3.63) is 24.2 Å². The normalized spacial score (nSPS) is 28.3. The fourth-order valence-corrected chi connectivity index (χ4v) is 3.05. The second-order valence-corrected chi connectivity index (χ2v) is 6.71. The van der Waals surface area contributed by atoms with Crippen molar-refractivity contribution < 1.29 is 13.9 Å². The number of likely N-dealkylation sites (tertiary alicyclic amines) is 1. The molecule has 1 aromatic rings. The van der Waals surface area contributed by atoms with Crippen molar-refractivity contribution in [3.63, 3.8) is 0 Å². The molecule has 1 aliphatic carbocycles. The fraction of sp³-hybridized carbons (Fsp3) is 0.706. The minimum Gasteiger partial charge on any atom is -0.469 e. The molecule has 0 radical (unpaired) electrons. The smallest absolute Gasteiger partial charge is 0.226 e. The second-order valence-electron chi connectivity index (χ2n) is 6.71. The van der Waals surface area contributed by atoms with Crippen LogP contribution in [0.4, 0.5) is 0 Å². The van der Waals surface area contributed by atoms with Crippen LogP contribution in [0.25, 0.3) is 0 Å². The number of rotatable bonds is 6. The topological polar surface area (TPSA) is 42.7 Å². The van der Waals surface area contributed by atoms with Crippen LogP contribution < -0.4 is 0 Å². The SMILES string of the molecule is CC(C)CCO[C@@H]1CCN(C(=O)[C@H]2C[C@@H]2c2ccco2)C1. The zero-order chi connectivity index (χ0) is 14.8. The van der Waals surface area contributed by atoms with Gasteiger partial charge in [0.1, 0.15) is 5.76 Å². The molecule has 0 N–H and O–H groups in total. The Morgan fingerprint density at radius 2 is 2.38 bits per heavy atom. The van der Waals surface area contributed by atoms with Crippen LogP contribution in [0, 0.1) is 11.8 Å². The van der Waals surface area contributed by atoms with Crippen LogP contribution in [-0.2, 0) is 9.53 Å². The van der Waals surface area contributed by atoms with Crippen LogP contribution in [-0.4, -0.2) is 36.6 Å². The van der Waals surface area contributed by atoms with Gasteiger partial charge in [-0.25, -0.2) is 0 Å². The minimum absolute atomic E-state index is 0.130. The number of furan rings is 1. The van der Waals surface area contributed by atoms with E-state index >= 15 is 0 Å². The van der Waals surface area contributed by atoms with Crippen molar-refractivity contribution in [2.75, 3.05) is 19.7 Å². The average molecular weight is 291 g/mol. The number of ether oxygens (including phenoxy) is 1. The van der Waals surface area contributed by atoms with Gasteiger partial charge in [0.25, 0.3) is 0 Å². The predicted molar refractivity (Wildman–Crippen MR) is 79.9 cm³/mol. The summed E-state index contributed by atoms with van der Waals surface area (Å²) in [5.74, 6) is 2.34. The summed E-state index contributed by atoms with van der Waals surface area (Å²) in [6.07, 6.45) is 4.91. The minimum atomic E-state index is 0.130. The molecule has 3 rings (SSSR count). The molecule has 21 heavy (non-hydrogen) atoms. The molecule has 4 heteroatoms. The maximum absolute atomic E-state index is 12.5. The van der Waals surface area contributed by atoms with Crippen LogP contribution in [0.15, 0.2) is 22.8 Å². The highest BCUT2D eigenvalue weighted by atomic mass is 16.5. The van der Waals surface area contributed by atoms with Gasteiger partial charge in [0.2, 0.25) is 5.91 Å². The van der Waals surface area contributed by atoms with Gasteiger partial charge in [0.05, 0.1) is 12.4 Å². The molecule has 1 aliphatic heterocycles. The van der Waals surface area contributed by atoms with Crippen molar-refractivity contribution in [3.8, 4) is 0 Å². The summed E-state index contributed by atoms with van der Waals surface area (Å²) in [6.45, 7) is 6.82. The molecule has 2 aliphatic rings. The van der Waals surface area contributed by atoms with E-state index in [0.29, 0.717) is 11.8 Å². The molecule has 0 spiro atoms. The quantitative estimate of drug-likeness (QED) is 0.809. The third-order valence-corrected chi connectivity index (χ3v) is 4.52. The van der Waals surface area contributed by atoms with Gasteiger partial charge in [-0.1, -0.05) is 13.8 Å². The number of hydrogen-bond donors (Lipinski definition) is 0. The van der Waals surface area contributed by atoms with Gasteiger partial charge < -0.3 is 14.1 Å². The fourth-order valence-electron chi connectivity index (χ4n) is 3.05. The lowest BCUT2D eigenvalue weighted by molar-refractivity contribution is -0.132. The van der Waals surface area contributed by atoms with E-state index in [0.717, 1.165) is 44.7 Å². The molecule has 0 aromatic carbocycles. The molecule has 116 valence electrons. The Labute approximate surface area is 126 Å². The highest BCUT2D eigenvalue weighted by Gasteiger charge is 2.48. The van der Waals surface area contributed by atoms with E-state index in [9.17, 15) is 4.79 Å². The molecule has 2 heterocycles. The molecule has 1 saturated heterocycles. The Morgan fingerprint density at radius 3 is 3.10 bits per heavy atom. The van der Waals surface area contributed by atoms with Gasteiger partial charge in [-0.2, -0.15) is 0 Å². The standard InChI is InChI=1S/C17H25NO3/c1-12(2)6-9-20-13-5-7-18(11-13)17(19)15-10-14(15)16-4-3-8-21-16/h3-4,8,12-15H,5-7,9-11H2,1-2H3/t13-,14+,15+/m1/s1. The van der Waals surface area contributed by atoms with Crippen molar-refractivity contribution in [1.29, 1.82) is 0 Å². The monoisotopic (exact) mass is 291 g/mol. The summed E-state index contributed by atoms with van der Waals surface area (Å²) in [7, 11) is 0. The third kappa shape index (κ3) is 3.49. The second kappa shape index (κ2) is 6.22. The van der Waals surface area contributed by atoms with Crippen molar-refractivity contribution in [2.24, 2.45) is 11.8 Å². The summed E-state index contributed by atoms with van der Waals surface area (Å²) in [4.78, 5) is 14.4. The average Bonchev–Trinajstić information content (AvgIpc) is 2.90. The Kier molecular flexibility index (Phi) is 4.34. The maximum atomic E-state index is 12.5. The first-order valence-corrected chi connectivity index (χ1v) is 8.09. The summed E-state index contributed by atoms with van der Waals surface area (Å²) in [5, 5.41) is 0. The van der Waals surface area contributed by atoms with E-state index in [2.05, 4.69) is 13.8 Å². The third-order valence-electron chi connectivity index (χ3n) is 4.52. The summed E-state index contributed by atoms with van der Waals surface area (Å²) < 4.78 is 11.3. The van der Waals surface area contributed by atoms with Gasteiger partial charge >= 0.3 is 0 Å². The Morgan fingerprint density at radius 1 is 1.52 bits per heavy atom. The summed E-state index contributed by atoms with van der Waals surface area (Å²) in [5.41, 5.74) is 0. The van der Waals surface area contributed by atoms with Crippen LogP contribution in [0.3, 0.4) is 0 Å². The van der Waals surface area contributed by atoms with Crippen molar-refractivity contribution >= 4 is 5.91 Å². The molecule has 3 atom stereocenters. The van der Waals surface area contributed by atoms with Crippen LogP contribution in [0.5, 0.6) is 0 Å². The van der Waals surface area contributed by atoms with Crippen molar-refractivity contribution in [1.82, 2.24) is 4.90 Å². The summed E-state index contributed by atoms with van der Waals surface area (Å²) in [6, 6.07) is 3.86. The van der Waals surface area contributed by atoms with E-state index in [-0.39, 0.29) is 17.9 Å². The molecule has 2 fully saturated rings. The van der Waals surface area contributed by atoms with Gasteiger partial charge in [-0.3, -0.25) is 4.79 Å². The largest absolute Gasteiger partial charge is 0.469 e. The Hall–Kier alpha value is -1.29. The molecule has 4 nitrogen and oxygen atoms in total. The first kappa shape index (κ1) is 14.6. The molecule has 1 amide bonds. The number of carbonyl (C=O) groups is 1. The zero-order valence-electron chi connectivity index (χ0n) is 13.0. The lowest BCUT2D eigenvalue weighted by Crippen LogP contribution is -2.31. The number of nitrogens with zero attached hydrogens (tertiary/aromatic N) is 1. The molecule has 0 bridgehead atoms. The van der Waals surface area contributed by atoms with Gasteiger partial charge in [0, 0.05) is 31.5 Å². The molecule has 1 aromatic heterocycles. The first-order chi connectivity index (χ1) is 10.1. The predicted octanol–water partition coefficient (Wildman–Crippen LogP) is 3.05. The highest BCUT2D eigenvalue weighted by molar-refractivity contribution is 5.83. The zero-order valence-corrected chi connectivity index (χ0v) is 13.0. The molecule has 0 unspecified atom stereocenters. The first-order valence-electron chi connectivity index (χ1n) is 8.09. The molecular formula is C17H25NO3. The van der Waals surface area contributed by atoms with E-state index < -0.39 is 0 Å².